The summed E-state index contributed by atoms with van der Waals surface area (Å²) in [4.78, 5) is 52.1. The molecule has 0 aromatic heterocycles. The standard InChI is InChI=1S/C23H34N4O5/c1-7-14(6)18(20(28)25-17(12(2)3)22(30)31)26-23(32)27-16-11-9-8-10-15(16)24-21(29)19(27)13(4)5/h8-14,17-19H,7H2,1-6H3,(H,24,29)(H,25,28)(H,26,32)(H,30,31)/t14-,17-,18+,19+/m1/s1. The molecule has 1 aromatic rings. The van der Waals surface area contributed by atoms with Gasteiger partial charge in [-0.2, -0.15) is 0 Å². The van der Waals surface area contributed by atoms with E-state index in [1.54, 1.807) is 38.1 Å². The SMILES string of the molecule is CC[C@@H](C)[C@H](NC(=O)N1c2ccccc2NC(=O)[C@@H]1C(C)C)C(=O)N[C@@H](C(=O)O)C(C)C. The molecule has 0 aliphatic carbocycles. The third-order valence-electron chi connectivity index (χ3n) is 5.82. The number of anilines is 2. The number of hydrogen-bond donors (Lipinski definition) is 4. The quantitative estimate of drug-likeness (QED) is 0.488. The fourth-order valence-electron chi connectivity index (χ4n) is 3.76. The first-order valence-electron chi connectivity index (χ1n) is 11.0. The average molecular weight is 447 g/mol. The minimum atomic E-state index is -1.14. The van der Waals surface area contributed by atoms with Gasteiger partial charge in [-0.3, -0.25) is 14.5 Å². The molecule has 0 unspecified atom stereocenters. The van der Waals surface area contributed by atoms with Gasteiger partial charge in [0.25, 0.3) is 0 Å². The molecule has 1 aromatic carbocycles. The van der Waals surface area contributed by atoms with Gasteiger partial charge in [0.05, 0.1) is 11.4 Å². The lowest BCUT2D eigenvalue weighted by Gasteiger charge is -2.39. The molecule has 0 spiro atoms. The monoisotopic (exact) mass is 446 g/mol. The van der Waals surface area contributed by atoms with E-state index in [2.05, 4.69) is 16.0 Å². The molecule has 9 heteroatoms. The Morgan fingerprint density at radius 1 is 1.06 bits per heavy atom. The number of carboxylic acid groups (broad SMARTS) is 1. The molecular weight excluding hydrogens is 412 g/mol. The normalized spacial score (nSPS) is 18.4. The minimum absolute atomic E-state index is 0.178. The highest BCUT2D eigenvalue weighted by Crippen LogP contribution is 2.34. The molecule has 4 N–H and O–H groups in total. The van der Waals surface area contributed by atoms with Crippen LogP contribution >= 0.6 is 0 Å². The first kappa shape index (κ1) is 25.2. The zero-order valence-corrected chi connectivity index (χ0v) is 19.5. The second-order valence-electron chi connectivity index (χ2n) is 8.95. The number of fused-ring (bicyclic) bond motifs is 1. The van der Waals surface area contributed by atoms with E-state index in [0.717, 1.165) is 0 Å². The Bertz CT molecular complexity index is 870. The number of carbonyl (C=O) groups excluding carboxylic acids is 3. The molecule has 4 atom stereocenters. The van der Waals surface area contributed by atoms with Gasteiger partial charge in [-0.25, -0.2) is 9.59 Å². The molecule has 1 heterocycles. The maximum absolute atomic E-state index is 13.4. The zero-order chi connectivity index (χ0) is 24.2. The number of para-hydroxylation sites is 2. The Kier molecular flexibility index (Phi) is 8.24. The predicted molar refractivity (Wildman–Crippen MR) is 122 cm³/mol. The van der Waals surface area contributed by atoms with E-state index in [4.69, 9.17) is 0 Å². The molecule has 1 aliphatic rings. The van der Waals surface area contributed by atoms with Crippen molar-refractivity contribution in [1.82, 2.24) is 10.6 Å². The van der Waals surface area contributed by atoms with Crippen molar-refractivity contribution in [1.29, 1.82) is 0 Å². The predicted octanol–water partition coefficient (Wildman–Crippen LogP) is 2.82. The van der Waals surface area contributed by atoms with Crippen LogP contribution in [0.4, 0.5) is 16.2 Å². The maximum atomic E-state index is 13.4. The Morgan fingerprint density at radius 3 is 2.22 bits per heavy atom. The van der Waals surface area contributed by atoms with Crippen molar-refractivity contribution in [2.45, 2.75) is 66.1 Å². The number of aliphatic carboxylic acids is 1. The summed E-state index contributed by atoms with van der Waals surface area (Å²) < 4.78 is 0. The van der Waals surface area contributed by atoms with Crippen LogP contribution < -0.4 is 20.9 Å². The largest absolute Gasteiger partial charge is 0.480 e. The summed E-state index contributed by atoms with van der Waals surface area (Å²) in [6.07, 6.45) is 0.586. The number of carbonyl (C=O) groups is 4. The summed E-state index contributed by atoms with van der Waals surface area (Å²) in [7, 11) is 0. The van der Waals surface area contributed by atoms with Crippen molar-refractivity contribution in [3.05, 3.63) is 24.3 Å². The Hall–Kier alpha value is -3.10. The van der Waals surface area contributed by atoms with Crippen LogP contribution in [0, 0.1) is 17.8 Å². The molecular formula is C23H34N4O5. The number of rotatable bonds is 8. The van der Waals surface area contributed by atoms with E-state index in [0.29, 0.717) is 17.8 Å². The van der Waals surface area contributed by atoms with E-state index in [1.807, 2.05) is 27.7 Å². The highest BCUT2D eigenvalue weighted by molar-refractivity contribution is 6.12. The number of amides is 4. The Labute approximate surface area is 188 Å². The molecule has 32 heavy (non-hydrogen) atoms. The van der Waals surface area contributed by atoms with E-state index in [-0.39, 0.29) is 23.7 Å². The summed E-state index contributed by atoms with van der Waals surface area (Å²) in [6, 6.07) is 3.61. The first-order chi connectivity index (χ1) is 15.0. The van der Waals surface area contributed by atoms with Gasteiger partial charge in [0.15, 0.2) is 0 Å². The lowest BCUT2D eigenvalue weighted by Crippen LogP contribution is -2.61. The van der Waals surface area contributed by atoms with Gasteiger partial charge < -0.3 is 21.1 Å². The van der Waals surface area contributed by atoms with Crippen molar-refractivity contribution < 1.29 is 24.3 Å². The van der Waals surface area contributed by atoms with E-state index >= 15 is 0 Å². The fraction of sp³-hybridized carbons (Fsp3) is 0.565. The Balaban J connectivity index is 2.36. The van der Waals surface area contributed by atoms with Gasteiger partial charge in [-0.1, -0.05) is 60.1 Å². The van der Waals surface area contributed by atoms with Gasteiger partial charge >= 0.3 is 12.0 Å². The molecule has 1 aliphatic heterocycles. The van der Waals surface area contributed by atoms with Crippen LogP contribution in [0.5, 0.6) is 0 Å². The number of benzene rings is 1. The molecule has 2 rings (SSSR count). The second kappa shape index (κ2) is 10.5. The van der Waals surface area contributed by atoms with Crippen LogP contribution in [-0.2, 0) is 14.4 Å². The zero-order valence-electron chi connectivity index (χ0n) is 19.5. The lowest BCUT2D eigenvalue weighted by molar-refractivity contribution is -0.143. The highest BCUT2D eigenvalue weighted by Gasteiger charge is 2.40. The minimum Gasteiger partial charge on any atom is -0.480 e. The van der Waals surface area contributed by atoms with Gasteiger partial charge in [0, 0.05) is 0 Å². The topological polar surface area (TPSA) is 128 Å². The summed E-state index contributed by atoms with van der Waals surface area (Å²) in [5.74, 6) is -2.76. The second-order valence-corrected chi connectivity index (χ2v) is 8.95. The number of hydrogen-bond acceptors (Lipinski definition) is 4. The third kappa shape index (κ3) is 5.38. The van der Waals surface area contributed by atoms with Crippen LogP contribution in [-0.4, -0.2) is 47.0 Å². The molecule has 176 valence electrons. The number of urea groups is 1. The smallest absolute Gasteiger partial charge is 0.326 e. The molecule has 0 bridgehead atoms. The highest BCUT2D eigenvalue weighted by atomic mass is 16.4. The van der Waals surface area contributed by atoms with Crippen LogP contribution in [0.1, 0.15) is 48.0 Å². The van der Waals surface area contributed by atoms with Crippen LogP contribution in [0.15, 0.2) is 24.3 Å². The van der Waals surface area contributed by atoms with Crippen molar-refractivity contribution in [2.75, 3.05) is 10.2 Å². The fourth-order valence-corrected chi connectivity index (χ4v) is 3.76. The first-order valence-corrected chi connectivity index (χ1v) is 11.0. The molecule has 0 fully saturated rings. The average Bonchev–Trinajstić information content (AvgIpc) is 2.73. The lowest BCUT2D eigenvalue weighted by atomic mass is 9.96. The molecule has 0 saturated carbocycles. The summed E-state index contributed by atoms with van der Waals surface area (Å²) >= 11 is 0. The maximum Gasteiger partial charge on any atom is 0.326 e. The van der Waals surface area contributed by atoms with Crippen molar-refractivity contribution in [3.63, 3.8) is 0 Å². The van der Waals surface area contributed by atoms with Crippen molar-refractivity contribution in [3.8, 4) is 0 Å². The van der Waals surface area contributed by atoms with Crippen molar-refractivity contribution >= 4 is 35.2 Å². The molecule has 4 amide bonds. The van der Waals surface area contributed by atoms with Gasteiger partial charge in [-0.05, 0) is 29.9 Å². The van der Waals surface area contributed by atoms with Gasteiger partial charge in [0.2, 0.25) is 11.8 Å². The molecule has 0 radical (unpaired) electrons. The number of carboxylic acids is 1. The van der Waals surface area contributed by atoms with Crippen molar-refractivity contribution in [2.24, 2.45) is 17.8 Å². The third-order valence-corrected chi connectivity index (χ3v) is 5.82. The number of nitrogens with zero attached hydrogens (tertiary/aromatic N) is 1. The van der Waals surface area contributed by atoms with E-state index < -0.39 is 36.0 Å². The van der Waals surface area contributed by atoms with Crippen LogP contribution in [0.25, 0.3) is 0 Å². The van der Waals surface area contributed by atoms with Crippen LogP contribution in [0.2, 0.25) is 0 Å². The van der Waals surface area contributed by atoms with Gasteiger partial charge in [-0.15, -0.1) is 0 Å². The molecule has 9 nitrogen and oxygen atoms in total. The van der Waals surface area contributed by atoms with Crippen LogP contribution in [0.3, 0.4) is 0 Å². The van der Waals surface area contributed by atoms with E-state index in [9.17, 15) is 24.3 Å². The summed E-state index contributed by atoms with van der Waals surface area (Å²) in [5.41, 5.74) is 1.05. The summed E-state index contributed by atoms with van der Waals surface area (Å²) in [6.45, 7) is 10.8. The summed E-state index contributed by atoms with van der Waals surface area (Å²) in [5, 5.41) is 17.6. The van der Waals surface area contributed by atoms with E-state index in [1.165, 1.54) is 4.90 Å². The Morgan fingerprint density at radius 2 is 1.69 bits per heavy atom. The molecule has 0 saturated heterocycles. The van der Waals surface area contributed by atoms with Gasteiger partial charge in [0.1, 0.15) is 18.1 Å². The number of nitrogens with one attached hydrogen (secondary N) is 3.